The lowest BCUT2D eigenvalue weighted by molar-refractivity contribution is -0.133. The topological polar surface area (TPSA) is 124 Å². The van der Waals surface area contributed by atoms with Gasteiger partial charge in [-0.25, -0.2) is 0 Å². The zero-order valence-electron chi connectivity index (χ0n) is 11.9. The first kappa shape index (κ1) is 14.8. The van der Waals surface area contributed by atoms with Gasteiger partial charge in [-0.1, -0.05) is 20.8 Å². The standard InChI is InChI=1S/C13H16N4O4/c1-13(2,3)12(19)15-8(9(14)18)11-17-16-10(21-11)7-5-4-6-20-7/h4-6,8H,1-3H3,(H2,14,18)(H,15,19)/t8-/m1/s1. The Labute approximate surface area is 120 Å². The minimum Gasteiger partial charge on any atom is -0.459 e. The van der Waals surface area contributed by atoms with E-state index in [1.54, 1.807) is 32.9 Å². The summed E-state index contributed by atoms with van der Waals surface area (Å²) in [5.74, 6) is -0.775. The second-order valence-corrected chi connectivity index (χ2v) is 5.48. The molecule has 0 aliphatic carbocycles. The molecule has 0 unspecified atom stereocenters. The Morgan fingerprint density at radius 2 is 2.05 bits per heavy atom. The van der Waals surface area contributed by atoms with E-state index in [0.717, 1.165) is 0 Å². The van der Waals surface area contributed by atoms with E-state index in [4.69, 9.17) is 14.6 Å². The number of aromatic nitrogens is 2. The highest BCUT2D eigenvalue weighted by molar-refractivity contribution is 5.88. The van der Waals surface area contributed by atoms with Crippen molar-refractivity contribution in [1.29, 1.82) is 0 Å². The third-order valence-electron chi connectivity index (χ3n) is 2.66. The molecule has 8 heteroatoms. The SMILES string of the molecule is CC(C)(C)C(=O)N[C@H](C(N)=O)c1nnc(-c2ccco2)o1. The highest BCUT2D eigenvalue weighted by Gasteiger charge is 2.31. The van der Waals surface area contributed by atoms with Gasteiger partial charge < -0.3 is 19.9 Å². The van der Waals surface area contributed by atoms with Gasteiger partial charge in [-0.3, -0.25) is 9.59 Å². The molecule has 2 rings (SSSR count). The molecule has 2 heterocycles. The largest absolute Gasteiger partial charge is 0.459 e. The molecule has 0 saturated carbocycles. The predicted octanol–water partition coefficient (Wildman–Crippen LogP) is 1.02. The van der Waals surface area contributed by atoms with Crippen LogP contribution in [0.3, 0.4) is 0 Å². The van der Waals surface area contributed by atoms with Crippen molar-refractivity contribution >= 4 is 11.8 Å². The lowest BCUT2D eigenvalue weighted by Gasteiger charge is -2.20. The molecule has 0 bridgehead atoms. The molecule has 0 aliphatic heterocycles. The molecule has 0 radical (unpaired) electrons. The zero-order chi connectivity index (χ0) is 15.6. The van der Waals surface area contributed by atoms with Crippen LogP contribution in [0.25, 0.3) is 11.7 Å². The minimum atomic E-state index is -1.19. The Morgan fingerprint density at radius 3 is 2.57 bits per heavy atom. The second-order valence-electron chi connectivity index (χ2n) is 5.48. The van der Waals surface area contributed by atoms with Gasteiger partial charge in [0.2, 0.25) is 17.7 Å². The molecule has 0 aromatic carbocycles. The molecule has 1 atom stereocenters. The normalized spacial score (nSPS) is 12.9. The van der Waals surface area contributed by atoms with Gasteiger partial charge in [0, 0.05) is 5.41 Å². The number of hydrogen-bond acceptors (Lipinski definition) is 6. The molecule has 0 fully saturated rings. The molecule has 0 spiro atoms. The number of nitrogens with zero attached hydrogens (tertiary/aromatic N) is 2. The predicted molar refractivity (Wildman–Crippen MR) is 71.5 cm³/mol. The van der Waals surface area contributed by atoms with Crippen molar-refractivity contribution in [3.63, 3.8) is 0 Å². The van der Waals surface area contributed by atoms with Crippen LogP contribution in [-0.2, 0) is 9.59 Å². The van der Waals surface area contributed by atoms with Crippen LogP contribution in [0.2, 0.25) is 0 Å². The number of primary amides is 1. The average molecular weight is 292 g/mol. The summed E-state index contributed by atoms with van der Waals surface area (Å²) in [7, 11) is 0. The van der Waals surface area contributed by atoms with Crippen LogP contribution in [-0.4, -0.2) is 22.0 Å². The highest BCUT2D eigenvalue weighted by Crippen LogP contribution is 2.22. The molecule has 3 N–H and O–H groups in total. The Kier molecular flexibility index (Phi) is 3.79. The van der Waals surface area contributed by atoms with Crippen molar-refractivity contribution in [2.75, 3.05) is 0 Å². The maximum Gasteiger partial charge on any atom is 0.283 e. The van der Waals surface area contributed by atoms with E-state index in [2.05, 4.69) is 15.5 Å². The maximum absolute atomic E-state index is 12.0. The molecule has 2 amide bonds. The number of carbonyl (C=O) groups is 2. The fourth-order valence-corrected chi connectivity index (χ4v) is 1.45. The molecule has 2 aromatic rings. The van der Waals surface area contributed by atoms with E-state index >= 15 is 0 Å². The molecule has 0 aliphatic rings. The molecule has 2 aromatic heterocycles. The van der Waals surface area contributed by atoms with Crippen molar-refractivity contribution in [3.8, 4) is 11.7 Å². The van der Waals surface area contributed by atoms with E-state index in [1.165, 1.54) is 6.26 Å². The molecule has 0 saturated heterocycles. The first-order valence-electron chi connectivity index (χ1n) is 6.26. The number of rotatable bonds is 4. The fourth-order valence-electron chi connectivity index (χ4n) is 1.45. The summed E-state index contributed by atoms with van der Waals surface area (Å²) in [6, 6.07) is 2.10. The van der Waals surface area contributed by atoms with E-state index in [9.17, 15) is 9.59 Å². The van der Waals surface area contributed by atoms with Crippen molar-refractivity contribution in [1.82, 2.24) is 15.5 Å². The quantitative estimate of drug-likeness (QED) is 0.866. The fraction of sp³-hybridized carbons (Fsp3) is 0.385. The average Bonchev–Trinajstić information content (AvgIpc) is 3.04. The zero-order valence-corrected chi connectivity index (χ0v) is 11.9. The van der Waals surface area contributed by atoms with E-state index < -0.39 is 17.4 Å². The summed E-state index contributed by atoms with van der Waals surface area (Å²) in [5, 5.41) is 9.99. The second kappa shape index (κ2) is 5.39. The summed E-state index contributed by atoms with van der Waals surface area (Å²) >= 11 is 0. The van der Waals surface area contributed by atoms with Gasteiger partial charge in [-0.2, -0.15) is 0 Å². The van der Waals surface area contributed by atoms with Crippen LogP contribution >= 0.6 is 0 Å². The third-order valence-corrected chi connectivity index (χ3v) is 2.66. The van der Waals surface area contributed by atoms with Crippen LogP contribution in [0.4, 0.5) is 0 Å². The summed E-state index contributed by atoms with van der Waals surface area (Å²) in [6.45, 7) is 5.13. The van der Waals surface area contributed by atoms with Crippen LogP contribution in [0.5, 0.6) is 0 Å². The molecular formula is C13H16N4O4. The van der Waals surface area contributed by atoms with Crippen molar-refractivity contribution in [2.45, 2.75) is 26.8 Å². The number of carbonyl (C=O) groups excluding carboxylic acids is 2. The monoisotopic (exact) mass is 292 g/mol. The Morgan fingerprint density at radius 1 is 1.33 bits per heavy atom. The molecule has 8 nitrogen and oxygen atoms in total. The van der Waals surface area contributed by atoms with Crippen LogP contribution in [0.1, 0.15) is 32.7 Å². The van der Waals surface area contributed by atoms with Gasteiger partial charge in [-0.15, -0.1) is 10.2 Å². The number of furan rings is 1. The van der Waals surface area contributed by atoms with Crippen LogP contribution in [0.15, 0.2) is 27.2 Å². The van der Waals surface area contributed by atoms with Gasteiger partial charge in [0.05, 0.1) is 6.26 Å². The molecule has 21 heavy (non-hydrogen) atoms. The Balaban J connectivity index is 2.24. The number of amides is 2. The van der Waals surface area contributed by atoms with Crippen LogP contribution in [0, 0.1) is 5.41 Å². The van der Waals surface area contributed by atoms with E-state index in [0.29, 0.717) is 5.76 Å². The maximum atomic E-state index is 12.0. The first-order chi connectivity index (χ1) is 9.79. The first-order valence-corrected chi connectivity index (χ1v) is 6.26. The molecular weight excluding hydrogens is 276 g/mol. The number of nitrogens with two attached hydrogens (primary N) is 1. The van der Waals surface area contributed by atoms with E-state index in [1.807, 2.05) is 0 Å². The van der Waals surface area contributed by atoms with E-state index in [-0.39, 0.29) is 17.7 Å². The minimum absolute atomic E-state index is 0.0912. The summed E-state index contributed by atoms with van der Waals surface area (Å²) in [5.41, 5.74) is 4.60. The third kappa shape index (κ3) is 3.28. The highest BCUT2D eigenvalue weighted by atomic mass is 16.4. The van der Waals surface area contributed by atoms with Crippen molar-refractivity contribution < 1.29 is 18.4 Å². The summed E-state index contributed by atoms with van der Waals surface area (Å²) in [4.78, 5) is 23.5. The van der Waals surface area contributed by atoms with Gasteiger partial charge in [0.1, 0.15) is 0 Å². The van der Waals surface area contributed by atoms with Crippen molar-refractivity contribution in [2.24, 2.45) is 11.1 Å². The van der Waals surface area contributed by atoms with Crippen molar-refractivity contribution in [3.05, 3.63) is 24.3 Å². The molecule has 112 valence electrons. The Bertz CT molecular complexity index is 639. The van der Waals surface area contributed by atoms with Gasteiger partial charge in [0.15, 0.2) is 11.8 Å². The van der Waals surface area contributed by atoms with Gasteiger partial charge in [0.25, 0.3) is 5.89 Å². The lowest BCUT2D eigenvalue weighted by Crippen LogP contribution is -2.42. The van der Waals surface area contributed by atoms with Gasteiger partial charge in [-0.05, 0) is 12.1 Å². The summed E-state index contributed by atoms with van der Waals surface area (Å²) in [6.07, 6.45) is 1.45. The lowest BCUT2D eigenvalue weighted by atomic mass is 9.95. The van der Waals surface area contributed by atoms with Gasteiger partial charge >= 0.3 is 0 Å². The number of hydrogen-bond donors (Lipinski definition) is 2. The Hall–Kier alpha value is -2.64. The number of nitrogens with one attached hydrogen (secondary N) is 1. The smallest absolute Gasteiger partial charge is 0.283 e. The summed E-state index contributed by atoms with van der Waals surface area (Å²) < 4.78 is 10.4. The van der Waals surface area contributed by atoms with Crippen LogP contribution < -0.4 is 11.1 Å².